The number of nitrogens with zero attached hydrogens (tertiary/aromatic N) is 2. The molecule has 2 rings (SSSR count). The van der Waals surface area contributed by atoms with E-state index in [1.807, 2.05) is 13.0 Å². The van der Waals surface area contributed by atoms with Crippen molar-refractivity contribution in [3.63, 3.8) is 0 Å². The van der Waals surface area contributed by atoms with E-state index in [-0.39, 0.29) is 0 Å². The lowest BCUT2D eigenvalue weighted by Crippen LogP contribution is -2.18. The Bertz CT molecular complexity index is 598. The van der Waals surface area contributed by atoms with Crippen LogP contribution >= 0.6 is 15.9 Å². The molecule has 0 saturated carbocycles. The second kappa shape index (κ2) is 7.57. The third-order valence-electron chi connectivity index (χ3n) is 3.39. The van der Waals surface area contributed by atoms with Crippen LogP contribution in [0.1, 0.15) is 23.9 Å². The van der Waals surface area contributed by atoms with E-state index in [0.29, 0.717) is 0 Å². The molecule has 0 saturated heterocycles. The summed E-state index contributed by atoms with van der Waals surface area (Å²) in [7, 11) is 2.09. The van der Waals surface area contributed by atoms with Crippen molar-refractivity contribution in [2.45, 2.75) is 26.9 Å². The second-order valence-electron chi connectivity index (χ2n) is 5.18. The van der Waals surface area contributed by atoms with Crippen LogP contribution in [0.2, 0.25) is 0 Å². The highest BCUT2D eigenvalue weighted by molar-refractivity contribution is 9.10. The van der Waals surface area contributed by atoms with Crippen molar-refractivity contribution >= 4 is 21.6 Å². The Morgan fingerprint density at radius 2 is 2.05 bits per heavy atom. The summed E-state index contributed by atoms with van der Waals surface area (Å²) in [6.07, 6.45) is 0. The molecule has 0 amide bonds. The summed E-state index contributed by atoms with van der Waals surface area (Å²) < 4.78 is 1.14. The molecule has 4 heteroatoms. The number of aromatic nitrogens is 1. The first-order valence-corrected chi connectivity index (χ1v) is 8.02. The lowest BCUT2D eigenvalue weighted by Gasteiger charge is -2.20. The summed E-state index contributed by atoms with van der Waals surface area (Å²) >= 11 is 3.66. The van der Waals surface area contributed by atoms with E-state index in [9.17, 15) is 0 Å². The molecule has 1 heterocycles. The average molecular weight is 348 g/mol. The van der Waals surface area contributed by atoms with Crippen molar-refractivity contribution in [1.82, 2.24) is 10.3 Å². The van der Waals surface area contributed by atoms with E-state index < -0.39 is 0 Å². The van der Waals surface area contributed by atoms with E-state index in [4.69, 9.17) is 0 Å². The standard InChI is InChI=1S/C17H22BrN3/c1-4-19-11-14-8-9-16(10-17(14)18)21(3)12-15-7-5-6-13(2)20-15/h5-10,19H,4,11-12H2,1-3H3. The maximum absolute atomic E-state index is 4.56. The molecule has 2 aromatic rings. The third kappa shape index (κ3) is 4.55. The largest absolute Gasteiger partial charge is 0.369 e. The molecule has 0 spiro atoms. The van der Waals surface area contributed by atoms with Crippen LogP contribution in [0.5, 0.6) is 0 Å². The van der Waals surface area contributed by atoms with E-state index in [0.717, 1.165) is 35.5 Å². The summed E-state index contributed by atoms with van der Waals surface area (Å²) in [5.41, 5.74) is 4.61. The molecular formula is C17H22BrN3. The Morgan fingerprint density at radius 3 is 2.71 bits per heavy atom. The van der Waals surface area contributed by atoms with Crippen LogP contribution in [0.15, 0.2) is 40.9 Å². The zero-order valence-electron chi connectivity index (χ0n) is 12.9. The lowest BCUT2D eigenvalue weighted by atomic mass is 10.2. The van der Waals surface area contributed by atoms with Gasteiger partial charge in [-0.3, -0.25) is 4.98 Å². The maximum atomic E-state index is 4.56. The minimum absolute atomic E-state index is 0.806. The monoisotopic (exact) mass is 347 g/mol. The van der Waals surface area contributed by atoms with E-state index in [2.05, 4.69) is 75.4 Å². The Labute approximate surface area is 135 Å². The van der Waals surface area contributed by atoms with Crippen LogP contribution in [0.4, 0.5) is 5.69 Å². The summed E-state index contributed by atoms with van der Waals surface area (Å²) in [5, 5.41) is 3.35. The lowest BCUT2D eigenvalue weighted by molar-refractivity contribution is 0.724. The van der Waals surface area contributed by atoms with Crippen LogP contribution in [0.25, 0.3) is 0 Å². The minimum Gasteiger partial charge on any atom is -0.369 e. The zero-order valence-corrected chi connectivity index (χ0v) is 14.4. The zero-order chi connectivity index (χ0) is 15.2. The Hall–Kier alpha value is -1.39. The minimum atomic E-state index is 0.806. The van der Waals surface area contributed by atoms with Crippen molar-refractivity contribution in [2.24, 2.45) is 0 Å². The van der Waals surface area contributed by atoms with Gasteiger partial charge >= 0.3 is 0 Å². The van der Waals surface area contributed by atoms with Crippen molar-refractivity contribution < 1.29 is 0 Å². The summed E-state index contributed by atoms with van der Waals surface area (Å²) in [6.45, 7) is 6.81. The van der Waals surface area contributed by atoms with Gasteiger partial charge < -0.3 is 10.2 Å². The fourth-order valence-corrected chi connectivity index (χ4v) is 2.71. The van der Waals surface area contributed by atoms with Crippen molar-refractivity contribution in [3.8, 4) is 0 Å². The predicted octanol–water partition coefficient (Wildman–Crippen LogP) is 3.90. The predicted molar refractivity (Wildman–Crippen MR) is 92.6 cm³/mol. The topological polar surface area (TPSA) is 28.2 Å². The molecular weight excluding hydrogens is 326 g/mol. The van der Waals surface area contributed by atoms with Gasteiger partial charge in [-0.15, -0.1) is 0 Å². The number of hydrogen-bond acceptors (Lipinski definition) is 3. The summed E-state index contributed by atoms with van der Waals surface area (Å²) in [6, 6.07) is 12.6. The molecule has 112 valence electrons. The smallest absolute Gasteiger partial charge is 0.0600 e. The quantitative estimate of drug-likeness (QED) is 0.858. The van der Waals surface area contributed by atoms with Gasteiger partial charge in [-0.2, -0.15) is 0 Å². The Balaban J connectivity index is 2.08. The first kappa shape index (κ1) is 16.0. The van der Waals surface area contributed by atoms with Crippen LogP contribution in [-0.2, 0) is 13.1 Å². The van der Waals surface area contributed by atoms with Gasteiger partial charge in [0.25, 0.3) is 0 Å². The molecule has 1 aromatic heterocycles. The van der Waals surface area contributed by atoms with Gasteiger partial charge in [0.05, 0.1) is 12.2 Å². The SMILES string of the molecule is CCNCc1ccc(N(C)Cc2cccc(C)n2)cc1Br. The fraction of sp³-hybridized carbons (Fsp3) is 0.353. The number of benzene rings is 1. The van der Waals surface area contributed by atoms with E-state index >= 15 is 0 Å². The number of halogens is 1. The van der Waals surface area contributed by atoms with Crippen LogP contribution in [0.3, 0.4) is 0 Å². The second-order valence-corrected chi connectivity index (χ2v) is 6.04. The molecule has 0 radical (unpaired) electrons. The van der Waals surface area contributed by atoms with E-state index in [1.165, 1.54) is 11.3 Å². The number of aryl methyl sites for hydroxylation is 1. The Kier molecular flexibility index (Phi) is 5.76. The maximum Gasteiger partial charge on any atom is 0.0600 e. The molecule has 1 N–H and O–H groups in total. The molecule has 0 atom stereocenters. The molecule has 0 aliphatic heterocycles. The van der Waals surface area contributed by atoms with Crippen molar-refractivity contribution in [2.75, 3.05) is 18.5 Å². The van der Waals surface area contributed by atoms with Gasteiger partial charge in [0, 0.05) is 29.4 Å². The van der Waals surface area contributed by atoms with Gasteiger partial charge in [-0.05, 0) is 43.3 Å². The average Bonchev–Trinajstić information content (AvgIpc) is 2.46. The van der Waals surface area contributed by atoms with Gasteiger partial charge in [-0.1, -0.05) is 35.0 Å². The van der Waals surface area contributed by atoms with Crippen LogP contribution in [-0.4, -0.2) is 18.6 Å². The molecule has 21 heavy (non-hydrogen) atoms. The molecule has 0 aliphatic carbocycles. The fourth-order valence-electron chi connectivity index (χ4n) is 2.20. The molecule has 0 aliphatic rings. The van der Waals surface area contributed by atoms with Crippen molar-refractivity contribution in [1.29, 1.82) is 0 Å². The number of nitrogens with one attached hydrogen (secondary N) is 1. The molecule has 1 aromatic carbocycles. The highest BCUT2D eigenvalue weighted by atomic mass is 79.9. The number of anilines is 1. The van der Waals surface area contributed by atoms with Gasteiger partial charge in [0.2, 0.25) is 0 Å². The number of pyridine rings is 1. The highest BCUT2D eigenvalue weighted by Gasteiger charge is 2.06. The molecule has 3 nitrogen and oxygen atoms in total. The molecule has 0 fully saturated rings. The first-order chi connectivity index (χ1) is 10.1. The van der Waals surface area contributed by atoms with Gasteiger partial charge in [-0.25, -0.2) is 0 Å². The Morgan fingerprint density at radius 1 is 1.24 bits per heavy atom. The summed E-state index contributed by atoms with van der Waals surface area (Å²) in [5.74, 6) is 0. The number of rotatable bonds is 6. The first-order valence-electron chi connectivity index (χ1n) is 7.23. The molecule has 0 unspecified atom stereocenters. The summed E-state index contributed by atoms with van der Waals surface area (Å²) in [4.78, 5) is 6.77. The third-order valence-corrected chi connectivity index (χ3v) is 4.13. The number of hydrogen-bond donors (Lipinski definition) is 1. The highest BCUT2D eigenvalue weighted by Crippen LogP contribution is 2.24. The molecule has 0 bridgehead atoms. The normalized spacial score (nSPS) is 10.7. The van der Waals surface area contributed by atoms with Crippen molar-refractivity contribution in [3.05, 3.63) is 57.8 Å². The van der Waals surface area contributed by atoms with Gasteiger partial charge in [0.1, 0.15) is 0 Å². The van der Waals surface area contributed by atoms with Crippen LogP contribution < -0.4 is 10.2 Å². The van der Waals surface area contributed by atoms with E-state index in [1.54, 1.807) is 0 Å². The van der Waals surface area contributed by atoms with Crippen LogP contribution in [0, 0.1) is 6.92 Å². The van der Waals surface area contributed by atoms with Gasteiger partial charge in [0.15, 0.2) is 0 Å².